The van der Waals surface area contributed by atoms with Crippen molar-refractivity contribution in [1.29, 1.82) is 0 Å². The Hall–Kier alpha value is -1.71. The Kier molecular flexibility index (Phi) is 5.21. The number of Topliss-reactive ketones (excluding diaryl/α,β-unsaturated/α-hetero) is 1. The van der Waals surface area contributed by atoms with Crippen LogP contribution in [0.2, 0.25) is 0 Å². The van der Waals surface area contributed by atoms with E-state index in [2.05, 4.69) is 13.8 Å². The first-order chi connectivity index (χ1) is 8.92. The summed E-state index contributed by atoms with van der Waals surface area (Å²) in [6.07, 6.45) is 1.57. The van der Waals surface area contributed by atoms with Gasteiger partial charge in [0.15, 0.2) is 5.78 Å². The molecule has 0 aliphatic carbocycles. The van der Waals surface area contributed by atoms with Crippen molar-refractivity contribution in [2.45, 2.75) is 33.6 Å². The molecule has 0 unspecified atom stereocenters. The van der Waals surface area contributed by atoms with Crippen molar-refractivity contribution in [3.05, 3.63) is 17.2 Å². The zero-order valence-electron chi connectivity index (χ0n) is 12.2. The van der Waals surface area contributed by atoms with Gasteiger partial charge in [-0.1, -0.05) is 13.8 Å². The number of carbonyl (C=O) groups is 1. The first-order valence-corrected chi connectivity index (χ1v) is 6.40. The quantitative estimate of drug-likeness (QED) is 0.803. The van der Waals surface area contributed by atoms with Crippen molar-refractivity contribution in [3.8, 4) is 17.2 Å². The molecule has 1 aromatic carbocycles. The molecule has 0 heterocycles. The maximum atomic E-state index is 11.7. The summed E-state index contributed by atoms with van der Waals surface area (Å²) in [5.74, 6) is 1.16. The van der Waals surface area contributed by atoms with Crippen LogP contribution in [0.25, 0.3) is 0 Å². The van der Waals surface area contributed by atoms with E-state index in [9.17, 15) is 9.90 Å². The van der Waals surface area contributed by atoms with E-state index in [1.165, 1.54) is 14.0 Å². The average Bonchev–Trinajstić information content (AvgIpc) is 2.35. The Morgan fingerprint density at radius 2 is 1.84 bits per heavy atom. The third-order valence-electron chi connectivity index (χ3n) is 3.09. The molecule has 0 atom stereocenters. The molecule has 0 amide bonds. The fourth-order valence-electron chi connectivity index (χ4n) is 2.02. The van der Waals surface area contributed by atoms with Gasteiger partial charge in [-0.25, -0.2) is 0 Å². The van der Waals surface area contributed by atoms with Crippen molar-refractivity contribution in [2.24, 2.45) is 5.92 Å². The summed E-state index contributed by atoms with van der Waals surface area (Å²) >= 11 is 0. The maximum Gasteiger partial charge on any atom is 0.167 e. The lowest BCUT2D eigenvalue weighted by molar-refractivity contribution is 0.101. The highest BCUT2D eigenvalue weighted by atomic mass is 16.5. The predicted molar refractivity (Wildman–Crippen MR) is 74.4 cm³/mol. The van der Waals surface area contributed by atoms with E-state index in [0.29, 0.717) is 29.4 Å². The van der Waals surface area contributed by atoms with Crippen LogP contribution in [-0.2, 0) is 6.42 Å². The fraction of sp³-hybridized carbons (Fsp3) is 0.533. The van der Waals surface area contributed by atoms with Gasteiger partial charge >= 0.3 is 0 Å². The largest absolute Gasteiger partial charge is 0.507 e. The minimum absolute atomic E-state index is 0.0237. The summed E-state index contributed by atoms with van der Waals surface area (Å²) in [6, 6.07) is 1.66. The van der Waals surface area contributed by atoms with Gasteiger partial charge in [-0.05, 0) is 25.7 Å². The van der Waals surface area contributed by atoms with Crippen LogP contribution in [0, 0.1) is 5.92 Å². The van der Waals surface area contributed by atoms with Crippen molar-refractivity contribution in [3.63, 3.8) is 0 Å². The maximum absolute atomic E-state index is 11.7. The minimum Gasteiger partial charge on any atom is -0.507 e. The number of methoxy groups -OCH3 is 2. The summed E-state index contributed by atoms with van der Waals surface area (Å²) in [5, 5.41) is 10.3. The number of benzene rings is 1. The van der Waals surface area contributed by atoms with Crippen LogP contribution in [0.3, 0.4) is 0 Å². The van der Waals surface area contributed by atoms with E-state index in [-0.39, 0.29) is 17.1 Å². The Morgan fingerprint density at radius 1 is 1.26 bits per heavy atom. The molecular weight excluding hydrogens is 244 g/mol. The van der Waals surface area contributed by atoms with Crippen molar-refractivity contribution in [1.82, 2.24) is 0 Å². The second-order valence-electron chi connectivity index (χ2n) is 4.97. The fourth-order valence-corrected chi connectivity index (χ4v) is 2.02. The third-order valence-corrected chi connectivity index (χ3v) is 3.09. The van der Waals surface area contributed by atoms with Gasteiger partial charge in [0.1, 0.15) is 22.8 Å². The lowest BCUT2D eigenvalue weighted by atomic mass is 9.97. The highest BCUT2D eigenvalue weighted by molar-refractivity contribution is 6.00. The molecule has 1 aromatic rings. The number of phenols is 1. The van der Waals surface area contributed by atoms with E-state index < -0.39 is 0 Å². The van der Waals surface area contributed by atoms with E-state index in [4.69, 9.17) is 9.47 Å². The number of phenolic OH excluding ortho intramolecular Hbond substituents is 1. The van der Waals surface area contributed by atoms with Crippen LogP contribution >= 0.6 is 0 Å². The molecule has 1 rings (SSSR count). The summed E-state index contributed by atoms with van der Waals surface area (Å²) in [7, 11) is 3.01. The Labute approximate surface area is 114 Å². The Morgan fingerprint density at radius 3 is 2.26 bits per heavy atom. The number of carbonyl (C=O) groups excluding carboxylic acids is 1. The lowest BCUT2D eigenvalue weighted by Gasteiger charge is -2.16. The first-order valence-electron chi connectivity index (χ1n) is 6.40. The van der Waals surface area contributed by atoms with Crippen LogP contribution in [-0.4, -0.2) is 25.1 Å². The standard InChI is InChI=1S/C15H22O4/c1-9(2)6-7-11-12(18-4)8-13(19-5)14(10(3)16)15(11)17/h8-9,17H,6-7H2,1-5H3. The molecule has 0 aliphatic heterocycles. The molecule has 0 spiro atoms. The zero-order valence-corrected chi connectivity index (χ0v) is 12.2. The van der Waals surface area contributed by atoms with Gasteiger partial charge in [0.25, 0.3) is 0 Å². The summed E-state index contributed by atoms with van der Waals surface area (Å²) in [6.45, 7) is 5.63. The smallest absolute Gasteiger partial charge is 0.167 e. The van der Waals surface area contributed by atoms with Gasteiger partial charge in [-0.15, -0.1) is 0 Å². The normalized spacial score (nSPS) is 10.6. The van der Waals surface area contributed by atoms with E-state index >= 15 is 0 Å². The van der Waals surface area contributed by atoms with Gasteiger partial charge in [0.2, 0.25) is 0 Å². The van der Waals surface area contributed by atoms with Gasteiger partial charge in [-0.2, -0.15) is 0 Å². The molecule has 0 aliphatic rings. The van der Waals surface area contributed by atoms with Crippen LogP contribution in [0.15, 0.2) is 6.07 Å². The molecule has 0 aromatic heterocycles. The minimum atomic E-state index is -0.220. The number of hydrogen-bond donors (Lipinski definition) is 1. The molecule has 0 saturated heterocycles. The zero-order chi connectivity index (χ0) is 14.6. The highest BCUT2D eigenvalue weighted by Crippen LogP contribution is 2.39. The van der Waals surface area contributed by atoms with Crippen molar-refractivity contribution < 1.29 is 19.4 Å². The van der Waals surface area contributed by atoms with Crippen molar-refractivity contribution in [2.75, 3.05) is 14.2 Å². The topological polar surface area (TPSA) is 55.8 Å². The third kappa shape index (κ3) is 3.40. The number of aromatic hydroxyl groups is 1. The summed E-state index contributed by atoms with van der Waals surface area (Å²) in [4.78, 5) is 11.7. The molecule has 106 valence electrons. The van der Waals surface area contributed by atoms with Gasteiger partial charge in [-0.3, -0.25) is 4.79 Å². The molecule has 0 radical (unpaired) electrons. The second-order valence-corrected chi connectivity index (χ2v) is 4.97. The number of hydrogen-bond acceptors (Lipinski definition) is 4. The van der Waals surface area contributed by atoms with Crippen LogP contribution < -0.4 is 9.47 Å². The van der Waals surface area contributed by atoms with E-state index in [1.807, 2.05) is 0 Å². The SMILES string of the molecule is COc1cc(OC)c(C(C)=O)c(O)c1CCC(C)C. The monoisotopic (exact) mass is 266 g/mol. The van der Waals surface area contributed by atoms with Gasteiger partial charge in [0, 0.05) is 11.6 Å². The molecule has 19 heavy (non-hydrogen) atoms. The predicted octanol–water partition coefficient (Wildman–Crippen LogP) is 3.20. The number of ether oxygens (including phenoxy) is 2. The number of rotatable bonds is 6. The van der Waals surface area contributed by atoms with Crippen LogP contribution in [0.1, 0.15) is 43.1 Å². The van der Waals surface area contributed by atoms with Gasteiger partial charge in [0.05, 0.1) is 14.2 Å². The molecule has 4 nitrogen and oxygen atoms in total. The first kappa shape index (κ1) is 15.3. The summed E-state index contributed by atoms with van der Waals surface area (Å²) in [5.41, 5.74) is 0.893. The van der Waals surface area contributed by atoms with Gasteiger partial charge < -0.3 is 14.6 Å². The summed E-state index contributed by atoms with van der Waals surface area (Å²) < 4.78 is 10.4. The molecule has 0 fully saturated rings. The van der Waals surface area contributed by atoms with Crippen LogP contribution in [0.4, 0.5) is 0 Å². The second kappa shape index (κ2) is 6.45. The molecular formula is C15H22O4. The van der Waals surface area contributed by atoms with Crippen LogP contribution in [0.5, 0.6) is 17.2 Å². The van der Waals surface area contributed by atoms with E-state index in [1.54, 1.807) is 13.2 Å². The van der Waals surface area contributed by atoms with E-state index in [0.717, 1.165) is 6.42 Å². The Balaban J connectivity index is 3.34. The lowest BCUT2D eigenvalue weighted by Crippen LogP contribution is -2.04. The molecule has 4 heteroatoms. The number of ketones is 1. The molecule has 0 saturated carbocycles. The van der Waals surface area contributed by atoms with Crippen molar-refractivity contribution >= 4 is 5.78 Å². The highest BCUT2D eigenvalue weighted by Gasteiger charge is 2.21. The average molecular weight is 266 g/mol. The molecule has 0 bridgehead atoms. The molecule has 1 N–H and O–H groups in total. The Bertz CT molecular complexity index is 464.